The standard InChI is InChI=1S/C39H52N4O3S/c1-7-9-11-12-13-25-46-35-26-33(47-38-42-41-36(43(38)6)29-15-20-31(21-16-29)39(3,4)5)24-19-30(35)27-40-32-22-17-28(18-23-32)34(37(44)45)14-10-8-2/h15-24,26,34,40H,7-14,25,27H2,1-6H3,(H,44,45). The van der Waals surface area contributed by atoms with Gasteiger partial charge in [0, 0.05) is 35.3 Å². The molecule has 0 fully saturated rings. The lowest BCUT2D eigenvalue weighted by atomic mass is 9.87. The lowest BCUT2D eigenvalue weighted by Crippen LogP contribution is -2.11. The monoisotopic (exact) mass is 656 g/mol. The van der Waals surface area contributed by atoms with Gasteiger partial charge in [-0.05, 0) is 65.4 Å². The van der Waals surface area contributed by atoms with Gasteiger partial charge >= 0.3 is 5.97 Å². The summed E-state index contributed by atoms with van der Waals surface area (Å²) in [5, 5.41) is 23.1. The zero-order chi connectivity index (χ0) is 33.8. The molecule has 4 aromatic rings. The highest BCUT2D eigenvalue weighted by atomic mass is 32.2. The molecule has 252 valence electrons. The molecule has 4 rings (SSSR count). The summed E-state index contributed by atoms with van der Waals surface area (Å²) < 4.78 is 8.42. The number of nitrogens with one attached hydrogen (secondary N) is 1. The van der Waals surface area contributed by atoms with Crippen LogP contribution >= 0.6 is 11.8 Å². The first kappa shape index (κ1) is 36.1. The zero-order valence-electron chi connectivity index (χ0n) is 29.0. The van der Waals surface area contributed by atoms with Crippen molar-refractivity contribution >= 4 is 23.4 Å². The molecule has 47 heavy (non-hydrogen) atoms. The van der Waals surface area contributed by atoms with Crippen LogP contribution in [-0.4, -0.2) is 32.4 Å². The van der Waals surface area contributed by atoms with Gasteiger partial charge in [-0.15, -0.1) is 10.2 Å². The Morgan fingerprint density at radius 2 is 1.62 bits per heavy atom. The summed E-state index contributed by atoms with van der Waals surface area (Å²) in [7, 11) is 2.01. The summed E-state index contributed by atoms with van der Waals surface area (Å²) in [4.78, 5) is 12.9. The molecule has 1 atom stereocenters. The Balaban J connectivity index is 1.47. The SMILES string of the molecule is CCCCCCCOc1cc(Sc2nnc(-c3ccc(C(C)(C)C)cc3)n2C)ccc1CNc1ccc(C(CCCC)C(=O)O)cc1. The van der Waals surface area contributed by atoms with E-state index in [0.29, 0.717) is 19.6 Å². The summed E-state index contributed by atoms with van der Waals surface area (Å²) in [5.41, 5.74) is 5.28. The third kappa shape index (κ3) is 10.4. The minimum Gasteiger partial charge on any atom is -0.493 e. The van der Waals surface area contributed by atoms with E-state index in [2.05, 4.69) is 92.6 Å². The van der Waals surface area contributed by atoms with Gasteiger partial charge in [-0.25, -0.2) is 0 Å². The van der Waals surface area contributed by atoms with Gasteiger partial charge in [-0.3, -0.25) is 4.79 Å². The fourth-order valence-corrected chi connectivity index (χ4v) is 6.34. The number of hydrogen-bond acceptors (Lipinski definition) is 6. The molecule has 1 unspecified atom stereocenters. The first-order valence-electron chi connectivity index (χ1n) is 17.1. The van der Waals surface area contributed by atoms with E-state index in [1.54, 1.807) is 11.8 Å². The number of aliphatic carboxylic acids is 1. The van der Waals surface area contributed by atoms with Gasteiger partial charge in [0.25, 0.3) is 0 Å². The van der Waals surface area contributed by atoms with Gasteiger partial charge in [0.15, 0.2) is 11.0 Å². The highest BCUT2D eigenvalue weighted by Crippen LogP contribution is 2.34. The maximum absolute atomic E-state index is 11.8. The summed E-state index contributed by atoms with van der Waals surface area (Å²) >= 11 is 1.58. The van der Waals surface area contributed by atoms with Gasteiger partial charge in [0.2, 0.25) is 0 Å². The molecule has 0 bridgehead atoms. The molecule has 8 heteroatoms. The van der Waals surface area contributed by atoms with Crippen molar-refractivity contribution in [3.05, 3.63) is 83.4 Å². The topological polar surface area (TPSA) is 89.3 Å². The quantitative estimate of drug-likeness (QED) is 0.103. The van der Waals surface area contributed by atoms with E-state index in [1.807, 2.05) is 35.9 Å². The fourth-order valence-electron chi connectivity index (χ4n) is 5.52. The number of rotatable bonds is 18. The number of hydrogen-bond donors (Lipinski definition) is 2. The maximum atomic E-state index is 11.8. The molecule has 0 saturated heterocycles. The molecule has 0 aliphatic rings. The summed E-state index contributed by atoms with van der Waals surface area (Å²) in [6.45, 7) is 12.2. The van der Waals surface area contributed by atoms with Crippen molar-refractivity contribution < 1.29 is 14.6 Å². The molecule has 2 N–H and O–H groups in total. The largest absolute Gasteiger partial charge is 0.493 e. The number of benzene rings is 3. The van der Waals surface area contributed by atoms with E-state index >= 15 is 0 Å². The van der Waals surface area contributed by atoms with Crippen LogP contribution < -0.4 is 10.1 Å². The van der Waals surface area contributed by atoms with Crippen molar-refractivity contribution in [2.24, 2.45) is 7.05 Å². The molecule has 1 heterocycles. The number of ether oxygens (including phenoxy) is 1. The van der Waals surface area contributed by atoms with Crippen LogP contribution in [0.5, 0.6) is 5.75 Å². The first-order chi connectivity index (χ1) is 22.6. The van der Waals surface area contributed by atoms with E-state index < -0.39 is 11.9 Å². The van der Waals surface area contributed by atoms with E-state index in [0.717, 1.165) is 69.7 Å². The molecule has 0 aliphatic carbocycles. The molecular formula is C39H52N4O3S. The zero-order valence-corrected chi connectivity index (χ0v) is 29.8. The maximum Gasteiger partial charge on any atom is 0.310 e. The van der Waals surface area contributed by atoms with Crippen LogP contribution in [-0.2, 0) is 23.8 Å². The molecule has 7 nitrogen and oxygen atoms in total. The third-order valence-corrected chi connectivity index (χ3v) is 9.57. The molecule has 0 amide bonds. The van der Waals surface area contributed by atoms with Crippen LogP contribution in [0.2, 0.25) is 0 Å². The van der Waals surface area contributed by atoms with Gasteiger partial charge in [-0.1, -0.05) is 116 Å². The highest BCUT2D eigenvalue weighted by Gasteiger charge is 2.19. The lowest BCUT2D eigenvalue weighted by molar-refractivity contribution is -0.139. The van der Waals surface area contributed by atoms with E-state index in [-0.39, 0.29) is 5.41 Å². The Labute approximate surface area is 285 Å². The number of carboxylic acids is 1. The number of unbranched alkanes of at least 4 members (excludes halogenated alkanes) is 5. The van der Waals surface area contributed by atoms with Crippen molar-refractivity contribution in [2.45, 2.75) is 114 Å². The smallest absolute Gasteiger partial charge is 0.310 e. The predicted molar refractivity (Wildman–Crippen MR) is 194 cm³/mol. The Morgan fingerprint density at radius 3 is 2.28 bits per heavy atom. The average molecular weight is 657 g/mol. The summed E-state index contributed by atoms with van der Waals surface area (Å²) in [6, 6.07) is 22.7. The molecule has 0 radical (unpaired) electrons. The van der Waals surface area contributed by atoms with Crippen LogP contribution in [0.3, 0.4) is 0 Å². The van der Waals surface area contributed by atoms with Crippen LogP contribution in [0.25, 0.3) is 11.4 Å². The fraction of sp³-hybridized carbons (Fsp3) is 0.462. The van der Waals surface area contributed by atoms with Crippen molar-refractivity contribution in [3.63, 3.8) is 0 Å². The lowest BCUT2D eigenvalue weighted by Gasteiger charge is -2.19. The number of carbonyl (C=O) groups is 1. The van der Waals surface area contributed by atoms with E-state index in [4.69, 9.17) is 4.74 Å². The number of nitrogens with zero attached hydrogens (tertiary/aromatic N) is 3. The van der Waals surface area contributed by atoms with Crippen LogP contribution in [0, 0.1) is 0 Å². The van der Waals surface area contributed by atoms with Gasteiger partial charge in [0.05, 0.1) is 12.5 Å². The molecule has 0 spiro atoms. The molecule has 0 saturated carbocycles. The van der Waals surface area contributed by atoms with Crippen LogP contribution in [0.15, 0.2) is 76.8 Å². The Kier molecular flexibility index (Phi) is 13.3. The van der Waals surface area contributed by atoms with Crippen LogP contribution in [0.4, 0.5) is 5.69 Å². The minimum atomic E-state index is -0.763. The van der Waals surface area contributed by atoms with Gasteiger partial charge < -0.3 is 19.7 Å². The minimum absolute atomic E-state index is 0.0977. The van der Waals surface area contributed by atoms with E-state index in [9.17, 15) is 9.90 Å². The summed E-state index contributed by atoms with van der Waals surface area (Å²) in [5.74, 6) is 0.468. The normalized spacial score (nSPS) is 12.2. The molecule has 0 aliphatic heterocycles. The third-order valence-electron chi connectivity index (χ3n) is 8.54. The number of aromatic nitrogens is 3. The van der Waals surface area contributed by atoms with Crippen molar-refractivity contribution in [2.75, 3.05) is 11.9 Å². The Hall–Kier alpha value is -3.78. The van der Waals surface area contributed by atoms with Gasteiger partial charge in [0.1, 0.15) is 5.75 Å². The molecular weight excluding hydrogens is 605 g/mol. The first-order valence-corrected chi connectivity index (χ1v) is 17.9. The predicted octanol–water partition coefficient (Wildman–Crippen LogP) is 10.3. The highest BCUT2D eigenvalue weighted by molar-refractivity contribution is 7.99. The molecule has 3 aromatic carbocycles. The van der Waals surface area contributed by atoms with E-state index in [1.165, 1.54) is 24.8 Å². The second-order valence-electron chi connectivity index (χ2n) is 13.3. The number of carboxylic acid groups (broad SMARTS) is 1. The second kappa shape index (κ2) is 17.4. The Bertz CT molecular complexity index is 1560. The average Bonchev–Trinajstić information content (AvgIpc) is 3.41. The van der Waals surface area contributed by atoms with Crippen LogP contribution in [0.1, 0.15) is 109 Å². The van der Waals surface area contributed by atoms with Crippen molar-refractivity contribution in [1.29, 1.82) is 0 Å². The molecule has 1 aromatic heterocycles. The number of anilines is 1. The van der Waals surface area contributed by atoms with Crippen molar-refractivity contribution in [1.82, 2.24) is 14.8 Å². The van der Waals surface area contributed by atoms with Gasteiger partial charge in [-0.2, -0.15) is 0 Å². The second-order valence-corrected chi connectivity index (χ2v) is 14.4. The van der Waals surface area contributed by atoms with Crippen molar-refractivity contribution in [3.8, 4) is 17.1 Å². The summed E-state index contributed by atoms with van der Waals surface area (Å²) in [6.07, 6.45) is 8.43. The Morgan fingerprint density at radius 1 is 0.915 bits per heavy atom.